The van der Waals surface area contributed by atoms with Gasteiger partial charge >= 0.3 is 11.9 Å². The summed E-state index contributed by atoms with van der Waals surface area (Å²) in [6, 6.07) is 0. The molecular weight excluding hydrogens is 392 g/mol. The molecule has 182 valence electrons. The fourth-order valence-corrected chi connectivity index (χ4v) is 4.03. The average Bonchev–Trinajstić information content (AvgIpc) is 2.73. The van der Waals surface area contributed by atoms with Gasteiger partial charge in [-0.2, -0.15) is 0 Å². The SMILES string of the molecule is CCCCCCCCCCCCCCCCCCCC(=O)CC(CCC(=O)O)C(=O)O. The van der Waals surface area contributed by atoms with Crippen LogP contribution < -0.4 is 0 Å². The van der Waals surface area contributed by atoms with E-state index in [1.807, 2.05) is 0 Å². The number of carbonyl (C=O) groups excluding carboxylic acids is 1. The van der Waals surface area contributed by atoms with E-state index in [4.69, 9.17) is 10.2 Å². The molecule has 2 N–H and O–H groups in total. The highest BCUT2D eigenvalue weighted by Gasteiger charge is 2.21. The third-order valence-corrected chi connectivity index (χ3v) is 6.09. The molecule has 0 aliphatic carbocycles. The molecule has 0 heterocycles. The molecule has 1 unspecified atom stereocenters. The summed E-state index contributed by atoms with van der Waals surface area (Å²) in [6.07, 6.45) is 22.1. The van der Waals surface area contributed by atoms with E-state index in [-0.39, 0.29) is 25.0 Å². The standard InChI is InChI=1S/C26H48O5/c1-2-3-4-5-6-7-8-9-10-11-12-13-14-15-16-17-18-19-24(27)22-23(26(30)31)20-21-25(28)29/h23H,2-22H2,1H3,(H,28,29)(H,30,31). The lowest BCUT2D eigenvalue weighted by Gasteiger charge is -2.10. The number of unbranched alkanes of at least 4 members (excludes halogenated alkanes) is 16. The first-order valence-electron chi connectivity index (χ1n) is 12.9. The number of Topliss-reactive ketones (excluding diaryl/α,β-unsaturated/α-hetero) is 1. The first-order chi connectivity index (χ1) is 15.0. The zero-order valence-electron chi connectivity index (χ0n) is 20.0. The first kappa shape index (κ1) is 29.6. The van der Waals surface area contributed by atoms with Crippen LogP contribution in [-0.4, -0.2) is 27.9 Å². The second-order valence-electron chi connectivity index (χ2n) is 9.12. The Morgan fingerprint density at radius 1 is 0.581 bits per heavy atom. The van der Waals surface area contributed by atoms with Crippen molar-refractivity contribution < 1.29 is 24.6 Å². The largest absolute Gasteiger partial charge is 0.481 e. The predicted molar refractivity (Wildman–Crippen MR) is 126 cm³/mol. The van der Waals surface area contributed by atoms with Crippen LogP contribution in [0.3, 0.4) is 0 Å². The Morgan fingerprint density at radius 3 is 1.32 bits per heavy atom. The Bertz CT molecular complexity index is 461. The van der Waals surface area contributed by atoms with Gasteiger partial charge in [0.15, 0.2) is 0 Å². The van der Waals surface area contributed by atoms with E-state index >= 15 is 0 Å². The third-order valence-electron chi connectivity index (χ3n) is 6.09. The van der Waals surface area contributed by atoms with Gasteiger partial charge in [-0.1, -0.05) is 110 Å². The van der Waals surface area contributed by atoms with E-state index in [2.05, 4.69) is 6.92 Å². The zero-order valence-corrected chi connectivity index (χ0v) is 20.0. The second kappa shape index (κ2) is 21.8. The normalized spacial score (nSPS) is 12.0. The van der Waals surface area contributed by atoms with E-state index in [0.717, 1.165) is 19.3 Å². The van der Waals surface area contributed by atoms with Crippen molar-refractivity contribution in [2.24, 2.45) is 5.92 Å². The lowest BCUT2D eigenvalue weighted by atomic mass is 9.95. The van der Waals surface area contributed by atoms with Gasteiger partial charge in [-0.15, -0.1) is 0 Å². The monoisotopic (exact) mass is 440 g/mol. The molecule has 5 heteroatoms. The Morgan fingerprint density at radius 2 is 0.968 bits per heavy atom. The molecule has 0 aromatic carbocycles. The molecular formula is C26H48O5. The minimum absolute atomic E-state index is 0.0233. The van der Waals surface area contributed by atoms with Crippen molar-refractivity contribution in [2.75, 3.05) is 0 Å². The van der Waals surface area contributed by atoms with Crippen molar-refractivity contribution in [3.8, 4) is 0 Å². The summed E-state index contributed by atoms with van der Waals surface area (Å²) in [5, 5.41) is 17.8. The number of rotatable bonds is 24. The minimum Gasteiger partial charge on any atom is -0.481 e. The maximum absolute atomic E-state index is 12.0. The molecule has 0 bridgehead atoms. The van der Waals surface area contributed by atoms with Crippen LogP contribution in [0, 0.1) is 5.92 Å². The molecule has 0 radical (unpaired) electrons. The molecule has 0 aliphatic heterocycles. The van der Waals surface area contributed by atoms with E-state index in [1.165, 1.54) is 89.9 Å². The zero-order chi connectivity index (χ0) is 23.2. The summed E-state index contributed by atoms with van der Waals surface area (Å²) in [5.41, 5.74) is 0. The molecule has 0 saturated carbocycles. The van der Waals surface area contributed by atoms with Gasteiger partial charge in [-0.25, -0.2) is 0 Å². The van der Waals surface area contributed by atoms with Gasteiger partial charge in [0, 0.05) is 19.3 Å². The maximum atomic E-state index is 12.0. The molecule has 5 nitrogen and oxygen atoms in total. The molecule has 0 aromatic rings. The van der Waals surface area contributed by atoms with Gasteiger partial charge in [-0.3, -0.25) is 14.4 Å². The van der Waals surface area contributed by atoms with Gasteiger partial charge in [0.25, 0.3) is 0 Å². The number of aliphatic carboxylic acids is 2. The van der Waals surface area contributed by atoms with Crippen LogP contribution in [0.1, 0.15) is 142 Å². The van der Waals surface area contributed by atoms with Crippen molar-refractivity contribution in [3.05, 3.63) is 0 Å². The first-order valence-corrected chi connectivity index (χ1v) is 12.9. The van der Waals surface area contributed by atoms with E-state index in [0.29, 0.717) is 6.42 Å². The number of hydrogen-bond acceptors (Lipinski definition) is 3. The van der Waals surface area contributed by atoms with Gasteiger partial charge in [0.05, 0.1) is 5.92 Å². The third kappa shape index (κ3) is 21.6. The highest BCUT2D eigenvalue weighted by Crippen LogP contribution is 2.17. The maximum Gasteiger partial charge on any atom is 0.306 e. The highest BCUT2D eigenvalue weighted by molar-refractivity contribution is 5.84. The van der Waals surface area contributed by atoms with Crippen molar-refractivity contribution in [1.82, 2.24) is 0 Å². The van der Waals surface area contributed by atoms with Gasteiger partial charge in [-0.05, 0) is 12.8 Å². The summed E-state index contributed by atoms with van der Waals surface area (Å²) in [5.74, 6) is -3.02. The topological polar surface area (TPSA) is 91.7 Å². The average molecular weight is 441 g/mol. The van der Waals surface area contributed by atoms with Crippen LogP contribution in [0.5, 0.6) is 0 Å². The Hall–Kier alpha value is -1.39. The van der Waals surface area contributed by atoms with Crippen LogP contribution in [0.4, 0.5) is 0 Å². The number of ketones is 1. The van der Waals surface area contributed by atoms with Crippen LogP contribution in [0.25, 0.3) is 0 Å². The summed E-state index contributed by atoms with van der Waals surface area (Å²) in [4.78, 5) is 33.7. The summed E-state index contributed by atoms with van der Waals surface area (Å²) < 4.78 is 0. The smallest absolute Gasteiger partial charge is 0.306 e. The lowest BCUT2D eigenvalue weighted by Crippen LogP contribution is -2.19. The Balaban J connectivity index is 3.41. The number of hydrogen-bond donors (Lipinski definition) is 2. The van der Waals surface area contributed by atoms with E-state index in [1.54, 1.807) is 0 Å². The molecule has 1 atom stereocenters. The van der Waals surface area contributed by atoms with Gasteiger partial charge < -0.3 is 10.2 Å². The summed E-state index contributed by atoms with van der Waals surface area (Å²) >= 11 is 0. The Labute approximate surface area is 190 Å². The number of carbonyl (C=O) groups is 3. The van der Waals surface area contributed by atoms with Crippen molar-refractivity contribution in [1.29, 1.82) is 0 Å². The van der Waals surface area contributed by atoms with Crippen LogP contribution >= 0.6 is 0 Å². The lowest BCUT2D eigenvalue weighted by molar-refractivity contribution is -0.145. The minimum atomic E-state index is -1.07. The summed E-state index contributed by atoms with van der Waals surface area (Å²) in [7, 11) is 0. The van der Waals surface area contributed by atoms with Crippen molar-refractivity contribution in [2.45, 2.75) is 142 Å². The number of carboxylic acid groups (broad SMARTS) is 2. The Kier molecular flexibility index (Phi) is 20.8. The molecule has 31 heavy (non-hydrogen) atoms. The van der Waals surface area contributed by atoms with Crippen molar-refractivity contribution >= 4 is 17.7 Å². The molecule has 0 rings (SSSR count). The van der Waals surface area contributed by atoms with Crippen LogP contribution in [0.15, 0.2) is 0 Å². The van der Waals surface area contributed by atoms with Crippen LogP contribution in [-0.2, 0) is 14.4 Å². The van der Waals surface area contributed by atoms with Gasteiger partial charge in [0.2, 0.25) is 0 Å². The molecule has 0 spiro atoms. The van der Waals surface area contributed by atoms with Crippen molar-refractivity contribution in [3.63, 3.8) is 0 Å². The molecule has 0 aliphatic rings. The van der Waals surface area contributed by atoms with Crippen LogP contribution in [0.2, 0.25) is 0 Å². The van der Waals surface area contributed by atoms with Gasteiger partial charge in [0.1, 0.15) is 5.78 Å². The number of carboxylic acids is 2. The fraction of sp³-hybridized carbons (Fsp3) is 0.885. The van der Waals surface area contributed by atoms with E-state index < -0.39 is 17.9 Å². The molecule has 0 fully saturated rings. The van der Waals surface area contributed by atoms with E-state index in [9.17, 15) is 14.4 Å². The fourth-order valence-electron chi connectivity index (χ4n) is 4.03. The highest BCUT2D eigenvalue weighted by atomic mass is 16.4. The summed E-state index contributed by atoms with van der Waals surface area (Å²) in [6.45, 7) is 2.26. The molecule has 0 aromatic heterocycles. The predicted octanol–water partition coefficient (Wildman–Crippen LogP) is 7.55. The quantitative estimate of drug-likeness (QED) is 0.151. The molecule has 0 saturated heterocycles. The molecule has 0 amide bonds. The second-order valence-corrected chi connectivity index (χ2v) is 9.12.